The quantitative estimate of drug-likeness (QED) is 0.626. The lowest BCUT2D eigenvalue weighted by Gasteiger charge is -2.03. The van der Waals surface area contributed by atoms with E-state index in [0.29, 0.717) is 0 Å². The minimum atomic E-state index is 0.781. The predicted molar refractivity (Wildman–Crippen MR) is 70.9 cm³/mol. The Balaban J connectivity index is 1.61. The van der Waals surface area contributed by atoms with Crippen LogP contribution >= 0.6 is 11.8 Å². The second-order valence-electron chi connectivity index (χ2n) is 3.55. The highest BCUT2D eigenvalue weighted by Gasteiger charge is 1.94. The van der Waals surface area contributed by atoms with E-state index in [-0.39, 0.29) is 0 Å². The largest absolute Gasteiger partial charge is 0.310 e. The van der Waals surface area contributed by atoms with Crippen molar-refractivity contribution in [3.8, 4) is 0 Å². The average molecular weight is 245 g/mol. The van der Waals surface area contributed by atoms with E-state index < -0.39 is 0 Å². The first-order valence-corrected chi connectivity index (χ1v) is 6.59. The third-order valence-corrected chi connectivity index (χ3v) is 3.24. The van der Waals surface area contributed by atoms with Crippen molar-refractivity contribution in [2.75, 3.05) is 12.3 Å². The second-order valence-corrected chi connectivity index (χ2v) is 4.72. The highest BCUT2D eigenvalue weighted by atomic mass is 32.2. The van der Waals surface area contributed by atoms with Crippen molar-refractivity contribution < 1.29 is 0 Å². The van der Waals surface area contributed by atoms with Crippen molar-refractivity contribution in [2.24, 2.45) is 0 Å². The third kappa shape index (κ3) is 4.54. The van der Waals surface area contributed by atoms with Crippen molar-refractivity contribution in [1.29, 1.82) is 0 Å². The van der Waals surface area contributed by atoms with Gasteiger partial charge >= 0.3 is 0 Å². The maximum atomic E-state index is 4.02. The number of nitrogens with one attached hydrogen (secondary N) is 1. The van der Waals surface area contributed by atoms with Gasteiger partial charge in [-0.2, -0.15) is 10.2 Å². The molecule has 0 fully saturated rings. The summed E-state index contributed by atoms with van der Waals surface area (Å²) in [6, 6.07) is 14.3. The molecule has 0 saturated carbocycles. The average Bonchev–Trinajstić information content (AvgIpc) is 2.41. The molecule has 17 heavy (non-hydrogen) atoms. The molecule has 1 aromatic heterocycles. The van der Waals surface area contributed by atoms with Gasteiger partial charge in [-0.05, 0) is 24.3 Å². The highest BCUT2D eigenvalue weighted by molar-refractivity contribution is 7.99. The molecule has 0 radical (unpaired) electrons. The summed E-state index contributed by atoms with van der Waals surface area (Å²) >= 11 is 1.86. The van der Waals surface area contributed by atoms with E-state index in [9.17, 15) is 0 Å². The molecule has 88 valence electrons. The summed E-state index contributed by atoms with van der Waals surface area (Å²) in [6.45, 7) is 1.75. The molecular weight excluding hydrogens is 230 g/mol. The SMILES string of the molecule is c1ccc(SCCNCc2cccnn2)cc1. The van der Waals surface area contributed by atoms with Gasteiger partial charge in [0.1, 0.15) is 0 Å². The van der Waals surface area contributed by atoms with Crippen LogP contribution in [0.5, 0.6) is 0 Å². The molecule has 0 saturated heterocycles. The molecule has 4 heteroatoms. The minimum Gasteiger partial charge on any atom is -0.310 e. The van der Waals surface area contributed by atoms with Gasteiger partial charge in [-0.3, -0.25) is 0 Å². The molecule has 0 bridgehead atoms. The smallest absolute Gasteiger partial charge is 0.0768 e. The number of nitrogens with zero attached hydrogens (tertiary/aromatic N) is 2. The van der Waals surface area contributed by atoms with E-state index in [0.717, 1.165) is 24.5 Å². The zero-order chi connectivity index (χ0) is 11.8. The monoisotopic (exact) mass is 245 g/mol. The van der Waals surface area contributed by atoms with Crippen LogP contribution < -0.4 is 5.32 Å². The molecule has 1 heterocycles. The van der Waals surface area contributed by atoms with Gasteiger partial charge in [0.15, 0.2) is 0 Å². The Hall–Kier alpha value is -1.39. The Morgan fingerprint density at radius 2 is 1.94 bits per heavy atom. The van der Waals surface area contributed by atoms with E-state index >= 15 is 0 Å². The van der Waals surface area contributed by atoms with E-state index in [2.05, 4.69) is 39.8 Å². The first kappa shape index (κ1) is 12.1. The molecule has 0 atom stereocenters. The van der Waals surface area contributed by atoms with Gasteiger partial charge in [-0.25, -0.2) is 0 Å². The van der Waals surface area contributed by atoms with Crippen LogP contribution in [0.3, 0.4) is 0 Å². The van der Waals surface area contributed by atoms with Crippen LogP contribution in [0.2, 0.25) is 0 Å². The molecule has 0 aliphatic rings. The van der Waals surface area contributed by atoms with Crippen LogP contribution in [-0.4, -0.2) is 22.5 Å². The number of benzene rings is 1. The van der Waals surface area contributed by atoms with E-state index in [1.54, 1.807) is 6.20 Å². The van der Waals surface area contributed by atoms with Crippen LogP contribution in [0.15, 0.2) is 53.6 Å². The predicted octanol–water partition coefficient (Wildman–Crippen LogP) is 2.36. The fraction of sp³-hybridized carbons (Fsp3) is 0.231. The fourth-order valence-corrected chi connectivity index (χ4v) is 2.23. The summed E-state index contributed by atoms with van der Waals surface area (Å²) in [4.78, 5) is 1.31. The van der Waals surface area contributed by atoms with E-state index in [4.69, 9.17) is 0 Å². The van der Waals surface area contributed by atoms with Crippen molar-refractivity contribution in [3.05, 3.63) is 54.4 Å². The Labute approximate surface area is 106 Å². The number of aromatic nitrogens is 2. The number of thioether (sulfide) groups is 1. The lowest BCUT2D eigenvalue weighted by molar-refractivity contribution is 0.703. The number of hydrogen-bond donors (Lipinski definition) is 1. The van der Waals surface area contributed by atoms with E-state index in [1.165, 1.54) is 4.90 Å². The maximum absolute atomic E-state index is 4.02. The van der Waals surface area contributed by atoms with Crippen LogP contribution in [0.1, 0.15) is 5.69 Å². The molecule has 2 rings (SSSR count). The first-order valence-electron chi connectivity index (χ1n) is 5.60. The summed E-state index contributed by atoms with van der Waals surface area (Å²) in [5.41, 5.74) is 0.984. The topological polar surface area (TPSA) is 37.8 Å². The molecule has 1 N–H and O–H groups in total. The number of hydrogen-bond acceptors (Lipinski definition) is 4. The molecule has 1 aromatic carbocycles. The molecule has 2 aromatic rings. The Morgan fingerprint density at radius 1 is 1.06 bits per heavy atom. The van der Waals surface area contributed by atoms with Gasteiger partial charge in [0.25, 0.3) is 0 Å². The lowest BCUT2D eigenvalue weighted by atomic mass is 10.4. The summed E-state index contributed by atoms with van der Waals surface area (Å²) < 4.78 is 0. The Morgan fingerprint density at radius 3 is 2.71 bits per heavy atom. The Bertz CT molecular complexity index is 378. The molecule has 0 unspecified atom stereocenters. The molecular formula is C13H15N3S. The van der Waals surface area contributed by atoms with Gasteiger partial charge < -0.3 is 5.32 Å². The maximum Gasteiger partial charge on any atom is 0.0768 e. The zero-order valence-corrected chi connectivity index (χ0v) is 10.4. The molecule has 0 amide bonds. The van der Waals surface area contributed by atoms with Crippen molar-refractivity contribution in [1.82, 2.24) is 15.5 Å². The lowest BCUT2D eigenvalue weighted by Crippen LogP contribution is -2.17. The van der Waals surface area contributed by atoms with Crippen LogP contribution in [0.4, 0.5) is 0 Å². The van der Waals surface area contributed by atoms with Crippen LogP contribution in [0.25, 0.3) is 0 Å². The van der Waals surface area contributed by atoms with Crippen LogP contribution in [0, 0.1) is 0 Å². The van der Waals surface area contributed by atoms with Crippen molar-refractivity contribution in [2.45, 2.75) is 11.4 Å². The summed E-state index contributed by atoms with van der Waals surface area (Å²) in [5.74, 6) is 1.06. The second kappa shape index (κ2) is 7.04. The van der Waals surface area contributed by atoms with Gasteiger partial charge in [-0.1, -0.05) is 18.2 Å². The number of rotatable bonds is 6. The first-order chi connectivity index (χ1) is 8.45. The standard InChI is InChI=1S/C13H15N3S/c1-2-6-13(7-3-1)17-10-9-14-11-12-5-4-8-15-16-12/h1-8,14H,9-11H2. The minimum absolute atomic E-state index is 0.781. The summed E-state index contributed by atoms with van der Waals surface area (Å²) in [6.07, 6.45) is 1.69. The molecule has 0 aliphatic heterocycles. The van der Waals surface area contributed by atoms with Crippen molar-refractivity contribution in [3.63, 3.8) is 0 Å². The van der Waals surface area contributed by atoms with Gasteiger partial charge in [-0.15, -0.1) is 11.8 Å². The van der Waals surface area contributed by atoms with Crippen molar-refractivity contribution >= 4 is 11.8 Å². The van der Waals surface area contributed by atoms with E-state index in [1.807, 2.05) is 30.0 Å². The Kier molecular flexibility index (Phi) is 5.00. The summed E-state index contributed by atoms with van der Waals surface area (Å²) in [5, 5.41) is 11.2. The van der Waals surface area contributed by atoms with Gasteiger partial charge in [0.2, 0.25) is 0 Å². The van der Waals surface area contributed by atoms with Crippen LogP contribution in [-0.2, 0) is 6.54 Å². The summed E-state index contributed by atoms with van der Waals surface area (Å²) in [7, 11) is 0. The zero-order valence-electron chi connectivity index (χ0n) is 9.54. The molecule has 0 aliphatic carbocycles. The highest BCUT2D eigenvalue weighted by Crippen LogP contribution is 2.15. The normalized spacial score (nSPS) is 10.4. The van der Waals surface area contributed by atoms with Gasteiger partial charge in [0, 0.05) is 29.9 Å². The third-order valence-electron chi connectivity index (χ3n) is 2.22. The van der Waals surface area contributed by atoms with Gasteiger partial charge in [0.05, 0.1) is 5.69 Å². The molecule has 0 spiro atoms. The fourth-order valence-electron chi connectivity index (χ4n) is 1.40. The molecule has 3 nitrogen and oxygen atoms in total.